The monoisotopic (exact) mass is 185 g/mol. The predicted octanol–water partition coefficient (Wildman–Crippen LogP) is 0.214. The number of hydrogen-bond donors (Lipinski definition) is 1. The number of hydrogen-bond acceptors (Lipinski definition) is 4. The molecule has 0 aromatic rings. The van der Waals surface area contributed by atoms with E-state index < -0.39 is 6.09 Å². The Bertz CT molecular complexity index is 236. The van der Waals surface area contributed by atoms with Gasteiger partial charge in [0.2, 0.25) is 0 Å². The van der Waals surface area contributed by atoms with E-state index >= 15 is 0 Å². The quantitative estimate of drug-likeness (QED) is 0.504. The standard InChI is InChI=1S/C8H11NO4/c1-6(10)12-4-2-3-7-5-13-8(11)9-7/h2-3,7H,4-5H2,1H3,(H,9,11). The minimum Gasteiger partial charge on any atom is -0.462 e. The van der Waals surface area contributed by atoms with Gasteiger partial charge in [0.1, 0.15) is 13.2 Å². The summed E-state index contributed by atoms with van der Waals surface area (Å²) in [6.45, 7) is 1.89. The van der Waals surface area contributed by atoms with Crippen LogP contribution in [0, 0.1) is 0 Å². The summed E-state index contributed by atoms with van der Waals surface area (Å²) in [6.07, 6.45) is 2.98. The van der Waals surface area contributed by atoms with Crippen LogP contribution in [0.3, 0.4) is 0 Å². The third-order valence-electron chi connectivity index (χ3n) is 1.45. The third kappa shape index (κ3) is 3.59. The van der Waals surface area contributed by atoms with Crippen LogP contribution in [0.25, 0.3) is 0 Å². The van der Waals surface area contributed by atoms with Crippen molar-refractivity contribution in [1.29, 1.82) is 0 Å². The first-order chi connectivity index (χ1) is 6.18. The fraction of sp³-hybridized carbons (Fsp3) is 0.500. The molecule has 13 heavy (non-hydrogen) atoms. The summed E-state index contributed by atoms with van der Waals surface area (Å²) in [4.78, 5) is 20.9. The van der Waals surface area contributed by atoms with E-state index in [2.05, 4.69) is 14.8 Å². The van der Waals surface area contributed by atoms with E-state index in [1.807, 2.05) is 0 Å². The molecule has 1 saturated heterocycles. The van der Waals surface area contributed by atoms with Gasteiger partial charge >= 0.3 is 12.1 Å². The van der Waals surface area contributed by atoms with Gasteiger partial charge in [0.05, 0.1) is 6.04 Å². The van der Waals surface area contributed by atoms with Crippen LogP contribution in [0.1, 0.15) is 6.92 Å². The smallest absolute Gasteiger partial charge is 0.407 e. The van der Waals surface area contributed by atoms with Gasteiger partial charge in [-0.05, 0) is 6.08 Å². The molecule has 1 aliphatic rings. The second-order valence-corrected chi connectivity index (χ2v) is 2.58. The Morgan fingerprint density at radius 2 is 2.62 bits per heavy atom. The van der Waals surface area contributed by atoms with Crippen LogP contribution in [-0.4, -0.2) is 31.3 Å². The number of alkyl carbamates (subject to hydrolysis) is 1. The minimum absolute atomic E-state index is 0.108. The van der Waals surface area contributed by atoms with E-state index in [4.69, 9.17) is 0 Å². The van der Waals surface area contributed by atoms with Crippen molar-refractivity contribution in [2.24, 2.45) is 0 Å². The van der Waals surface area contributed by atoms with Gasteiger partial charge in [-0.1, -0.05) is 6.08 Å². The maximum Gasteiger partial charge on any atom is 0.407 e. The van der Waals surface area contributed by atoms with Crippen molar-refractivity contribution in [3.05, 3.63) is 12.2 Å². The van der Waals surface area contributed by atoms with Crippen molar-refractivity contribution in [2.45, 2.75) is 13.0 Å². The maximum absolute atomic E-state index is 10.5. The lowest BCUT2D eigenvalue weighted by atomic mass is 10.3. The first-order valence-corrected chi connectivity index (χ1v) is 3.92. The fourth-order valence-corrected chi connectivity index (χ4v) is 0.889. The molecule has 1 heterocycles. The molecule has 0 spiro atoms. The summed E-state index contributed by atoms with van der Waals surface area (Å²) in [5.74, 6) is -0.323. The normalized spacial score (nSPS) is 21.3. The minimum atomic E-state index is -0.415. The number of rotatable bonds is 3. The van der Waals surface area contributed by atoms with Crippen LogP contribution in [-0.2, 0) is 14.3 Å². The SMILES string of the molecule is CC(=O)OCC=CC1COC(=O)N1. The molecule has 1 unspecified atom stereocenters. The predicted molar refractivity (Wildman–Crippen MR) is 44.0 cm³/mol. The Morgan fingerprint density at radius 3 is 3.15 bits per heavy atom. The molecule has 1 rings (SSSR count). The highest BCUT2D eigenvalue weighted by molar-refractivity contribution is 5.70. The number of cyclic esters (lactones) is 1. The van der Waals surface area contributed by atoms with E-state index in [9.17, 15) is 9.59 Å². The summed E-state index contributed by atoms with van der Waals surface area (Å²) in [7, 11) is 0. The second-order valence-electron chi connectivity index (χ2n) is 2.58. The summed E-state index contributed by atoms with van der Waals surface area (Å²) >= 11 is 0. The maximum atomic E-state index is 10.5. The summed E-state index contributed by atoms with van der Waals surface area (Å²) in [5.41, 5.74) is 0. The van der Waals surface area contributed by atoms with Crippen LogP contribution in [0.15, 0.2) is 12.2 Å². The molecule has 1 amide bonds. The van der Waals surface area contributed by atoms with Gasteiger partial charge in [0.25, 0.3) is 0 Å². The van der Waals surface area contributed by atoms with E-state index in [-0.39, 0.29) is 18.6 Å². The number of carbonyl (C=O) groups excluding carboxylic acids is 2. The third-order valence-corrected chi connectivity index (χ3v) is 1.45. The highest BCUT2D eigenvalue weighted by atomic mass is 16.6. The Balaban J connectivity index is 2.17. The van der Waals surface area contributed by atoms with E-state index in [0.717, 1.165) is 0 Å². The molecule has 1 fully saturated rings. The second kappa shape index (κ2) is 4.49. The molecule has 0 bridgehead atoms. The Hall–Kier alpha value is -1.52. The van der Waals surface area contributed by atoms with Crippen LogP contribution in [0.2, 0.25) is 0 Å². The van der Waals surface area contributed by atoms with Crippen molar-refractivity contribution in [3.8, 4) is 0 Å². The van der Waals surface area contributed by atoms with Crippen molar-refractivity contribution in [1.82, 2.24) is 5.32 Å². The first-order valence-electron chi connectivity index (χ1n) is 3.92. The zero-order chi connectivity index (χ0) is 9.68. The molecule has 5 heteroatoms. The van der Waals surface area contributed by atoms with Crippen molar-refractivity contribution < 1.29 is 19.1 Å². The van der Waals surface area contributed by atoms with Crippen LogP contribution >= 0.6 is 0 Å². The first kappa shape index (κ1) is 9.57. The largest absolute Gasteiger partial charge is 0.462 e. The van der Waals surface area contributed by atoms with Gasteiger partial charge in [-0.2, -0.15) is 0 Å². The van der Waals surface area contributed by atoms with Gasteiger partial charge in [-0.25, -0.2) is 4.79 Å². The van der Waals surface area contributed by atoms with E-state index in [1.165, 1.54) is 6.92 Å². The Morgan fingerprint density at radius 1 is 1.85 bits per heavy atom. The lowest BCUT2D eigenvalue weighted by Crippen LogP contribution is -2.23. The molecular formula is C8H11NO4. The molecule has 0 saturated carbocycles. The van der Waals surface area contributed by atoms with Gasteiger partial charge in [0.15, 0.2) is 0 Å². The molecule has 1 atom stereocenters. The molecule has 0 aliphatic carbocycles. The van der Waals surface area contributed by atoms with Crippen molar-refractivity contribution >= 4 is 12.1 Å². The van der Waals surface area contributed by atoms with E-state index in [1.54, 1.807) is 12.2 Å². The molecule has 0 aromatic carbocycles. The molecule has 72 valence electrons. The number of ether oxygens (including phenoxy) is 2. The average Bonchev–Trinajstić information content (AvgIpc) is 2.45. The average molecular weight is 185 g/mol. The Labute approximate surface area is 75.7 Å². The highest BCUT2D eigenvalue weighted by Crippen LogP contribution is 1.98. The molecule has 0 aromatic heterocycles. The number of nitrogens with one attached hydrogen (secondary N) is 1. The summed E-state index contributed by atoms with van der Waals surface area (Å²) < 4.78 is 9.28. The molecule has 1 N–H and O–H groups in total. The number of carbonyl (C=O) groups is 2. The topological polar surface area (TPSA) is 64.6 Å². The van der Waals surface area contributed by atoms with Gasteiger partial charge in [-0.15, -0.1) is 0 Å². The zero-order valence-electron chi connectivity index (χ0n) is 7.28. The number of amides is 1. The zero-order valence-corrected chi connectivity index (χ0v) is 7.28. The highest BCUT2D eigenvalue weighted by Gasteiger charge is 2.18. The lowest BCUT2D eigenvalue weighted by Gasteiger charge is -1.98. The van der Waals surface area contributed by atoms with Gasteiger partial charge in [0, 0.05) is 6.92 Å². The summed E-state index contributed by atoms with van der Waals surface area (Å²) in [5, 5.41) is 2.55. The van der Waals surface area contributed by atoms with Gasteiger partial charge in [-0.3, -0.25) is 4.79 Å². The van der Waals surface area contributed by atoms with Crippen molar-refractivity contribution in [3.63, 3.8) is 0 Å². The molecule has 5 nitrogen and oxygen atoms in total. The van der Waals surface area contributed by atoms with Crippen molar-refractivity contribution in [2.75, 3.05) is 13.2 Å². The van der Waals surface area contributed by atoms with Gasteiger partial charge < -0.3 is 14.8 Å². The fourth-order valence-electron chi connectivity index (χ4n) is 0.889. The van der Waals surface area contributed by atoms with Crippen LogP contribution in [0.4, 0.5) is 4.79 Å². The van der Waals surface area contributed by atoms with E-state index in [0.29, 0.717) is 6.61 Å². The molecule has 0 radical (unpaired) electrons. The Kier molecular flexibility index (Phi) is 3.31. The van der Waals surface area contributed by atoms with Crippen LogP contribution in [0.5, 0.6) is 0 Å². The van der Waals surface area contributed by atoms with Crippen LogP contribution < -0.4 is 5.32 Å². The molecule has 1 aliphatic heterocycles. The number of esters is 1. The molecular weight excluding hydrogens is 174 g/mol. The lowest BCUT2D eigenvalue weighted by molar-refractivity contribution is -0.139. The summed E-state index contributed by atoms with van der Waals surface area (Å²) in [6, 6.07) is -0.108.